The molecule has 1 aromatic carbocycles. The molecule has 2 unspecified atom stereocenters. The summed E-state index contributed by atoms with van der Waals surface area (Å²) in [6.45, 7) is 0.555. The predicted molar refractivity (Wildman–Crippen MR) is 73.7 cm³/mol. The number of hydrogen-bond acceptors (Lipinski definition) is 3. The molecule has 0 radical (unpaired) electrons. The maximum absolute atomic E-state index is 10.3. The molecule has 0 spiro atoms. The van der Waals surface area contributed by atoms with E-state index in [0.29, 0.717) is 13.0 Å². The van der Waals surface area contributed by atoms with E-state index in [4.69, 9.17) is 16.3 Å². The number of para-hydroxylation sites is 1. The highest BCUT2D eigenvalue weighted by atomic mass is 35.5. The van der Waals surface area contributed by atoms with Gasteiger partial charge in [-0.15, -0.1) is 11.3 Å². The van der Waals surface area contributed by atoms with Crippen molar-refractivity contribution in [3.8, 4) is 5.75 Å². The zero-order valence-electron chi connectivity index (χ0n) is 9.67. The van der Waals surface area contributed by atoms with Crippen LogP contribution in [0, 0.1) is 0 Å². The summed E-state index contributed by atoms with van der Waals surface area (Å²) >= 11 is 7.42. The Morgan fingerprint density at radius 3 is 2.94 bits per heavy atom. The molecule has 0 saturated heterocycles. The molecule has 0 bridgehead atoms. The number of aliphatic hydroxyl groups is 1. The summed E-state index contributed by atoms with van der Waals surface area (Å²) in [6, 6.07) is 11.7. The minimum atomic E-state index is -0.427. The Kier molecular flexibility index (Phi) is 3.29. The number of rotatable bonds is 3. The van der Waals surface area contributed by atoms with Crippen LogP contribution >= 0.6 is 22.9 Å². The fourth-order valence-electron chi connectivity index (χ4n) is 2.32. The lowest BCUT2D eigenvalue weighted by Gasteiger charge is -2.16. The van der Waals surface area contributed by atoms with Gasteiger partial charge < -0.3 is 9.84 Å². The molecule has 1 N–H and O–H groups in total. The van der Waals surface area contributed by atoms with E-state index in [0.717, 1.165) is 20.5 Å². The number of ether oxygens (including phenoxy) is 1. The second-order valence-corrected chi connectivity index (χ2v) is 6.23. The van der Waals surface area contributed by atoms with Crippen molar-refractivity contribution in [2.45, 2.75) is 18.4 Å². The molecule has 1 aromatic heterocycles. The first kappa shape index (κ1) is 12.0. The third-order valence-electron chi connectivity index (χ3n) is 3.24. The Morgan fingerprint density at radius 1 is 1.33 bits per heavy atom. The van der Waals surface area contributed by atoms with Crippen LogP contribution in [0.1, 0.15) is 16.4 Å². The maximum atomic E-state index is 10.3. The van der Waals surface area contributed by atoms with E-state index in [-0.39, 0.29) is 5.92 Å². The topological polar surface area (TPSA) is 29.5 Å². The molecule has 1 aliphatic heterocycles. The first-order valence-electron chi connectivity index (χ1n) is 5.88. The highest BCUT2D eigenvalue weighted by molar-refractivity contribution is 7.16. The number of hydrogen-bond donors (Lipinski definition) is 1. The molecule has 2 aromatic rings. The molecule has 0 aliphatic carbocycles. The monoisotopic (exact) mass is 280 g/mol. The SMILES string of the molecule is OC(Cc1ccc(Cl)s1)C1COc2ccccc21. The molecule has 2 nitrogen and oxygen atoms in total. The van der Waals surface area contributed by atoms with E-state index >= 15 is 0 Å². The Hall–Kier alpha value is -1.03. The van der Waals surface area contributed by atoms with Crippen LogP contribution in [0.15, 0.2) is 36.4 Å². The summed E-state index contributed by atoms with van der Waals surface area (Å²) in [4.78, 5) is 1.11. The number of thiophene rings is 1. The van der Waals surface area contributed by atoms with Crippen LogP contribution in [0.2, 0.25) is 4.34 Å². The minimum Gasteiger partial charge on any atom is -0.493 e. The van der Waals surface area contributed by atoms with E-state index in [2.05, 4.69) is 0 Å². The van der Waals surface area contributed by atoms with Crippen molar-refractivity contribution in [1.29, 1.82) is 0 Å². The van der Waals surface area contributed by atoms with Gasteiger partial charge in [-0.3, -0.25) is 0 Å². The van der Waals surface area contributed by atoms with Crippen molar-refractivity contribution >= 4 is 22.9 Å². The minimum absolute atomic E-state index is 0.0575. The number of aliphatic hydroxyl groups excluding tert-OH is 1. The lowest BCUT2D eigenvalue weighted by Crippen LogP contribution is -2.21. The van der Waals surface area contributed by atoms with Crippen LogP contribution in [-0.4, -0.2) is 17.8 Å². The average Bonchev–Trinajstić information content (AvgIpc) is 2.95. The van der Waals surface area contributed by atoms with Gasteiger partial charge in [0.25, 0.3) is 0 Å². The number of benzene rings is 1. The summed E-state index contributed by atoms with van der Waals surface area (Å²) in [5.74, 6) is 0.952. The van der Waals surface area contributed by atoms with Gasteiger partial charge in [0.05, 0.1) is 17.0 Å². The first-order chi connectivity index (χ1) is 8.74. The quantitative estimate of drug-likeness (QED) is 0.933. The predicted octanol–water partition coefficient (Wildman–Crippen LogP) is 3.48. The van der Waals surface area contributed by atoms with Crippen molar-refractivity contribution in [2.75, 3.05) is 6.61 Å². The van der Waals surface area contributed by atoms with Crippen molar-refractivity contribution in [3.63, 3.8) is 0 Å². The highest BCUT2D eigenvalue weighted by Gasteiger charge is 2.30. The third kappa shape index (κ3) is 2.26. The van der Waals surface area contributed by atoms with Crippen molar-refractivity contribution in [3.05, 3.63) is 51.2 Å². The van der Waals surface area contributed by atoms with E-state index in [1.807, 2.05) is 36.4 Å². The standard InChI is InChI=1S/C14H13ClO2S/c15-14-6-5-9(18-14)7-12(16)11-8-17-13-4-2-1-3-10(11)13/h1-6,11-12,16H,7-8H2. The molecule has 0 fully saturated rings. The Bertz CT molecular complexity index is 552. The summed E-state index contributed by atoms with van der Waals surface area (Å²) in [5.41, 5.74) is 1.10. The Labute approximate surface area is 115 Å². The van der Waals surface area contributed by atoms with Gasteiger partial charge in [0.15, 0.2) is 0 Å². The zero-order chi connectivity index (χ0) is 12.5. The summed E-state index contributed by atoms with van der Waals surface area (Å²) < 4.78 is 6.36. The summed E-state index contributed by atoms with van der Waals surface area (Å²) in [7, 11) is 0. The van der Waals surface area contributed by atoms with Crippen molar-refractivity contribution < 1.29 is 9.84 Å². The van der Waals surface area contributed by atoms with E-state index < -0.39 is 6.10 Å². The molecule has 2 atom stereocenters. The molecular formula is C14H13ClO2S. The fourth-order valence-corrected chi connectivity index (χ4v) is 3.45. The van der Waals surface area contributed by atoms with Crippen molar-refractivity contribution in [1.82, 2.24) is 0 Å². The van der Waals surface area contributed by atoms with Crippen molar-refractivity contribution in [2.24, 2.45) is 0 Å². The van der Waals surface area contributed by atoms with Gasteiger partial charge in [-0.25, -0.2) is 0 Å². The Morgan fingerprint density at radius 2 is 2.17 bits per heavy atom. The third-order valence-corrected chi connectivity index (χ3v) is 4.49. The molecule has 0 amide bonds. The molecule has 0 saturated carbocycles. The van der Waals surface area contributed by atoms with E-state index in [9.17, 15) is 5.11 Å². The van der Waals surface area contributed by atoms with Gasteiger partial charge in [0.1, 0.15) is 5.75 Å². The molecule has 18 heavy (non-hydrogen) atoms. The molecule has 1 aliphatic rings. The largest absolute Gasteiger partial charge is 0.493 e. The van der Waals surface area contributed by atoms with E-state index in [1.54, 1.807) is 0 Å². The second kappa shape index (κ2) is 4.92. The summed E-state index contributed by atoms with van der Waals surface area (Å²) in [5, 5.41) is 10.3. The number of fused-ring (bicyclic) bond motifs is 1. The van der Waals surface area contributed by atoms with Gasteiger partial charge >= 0.3 is 0 Å². The smallest absolute Gasteiger partial charge is 0.123 e. The van der Waals surface area contributed by atoms with Crippen LogP contribution < -0.4 is 4.74 Å². The Balaban J connectivity index is 1.76. The normalized spacial score (nSPS) is 19.3. The van der Waals surface area contributed by atoms with Crippen LogP contribution in [-0.2, 0) is 6.42 Å². The van der Waals surface area contributed by atoms with Gasteiger partial charge in [-0.1, -0.05) is 29.8 Å². The maximum Gasteiger partial charge on any atom is 0.123 e. The molecule has 2 heterocycles. The second-order valence-electron chi connectivity index (χ2n) is 4.43. The number of halogens is 1. The van der Waals surface area contributed by atoms with Crippen LogP contribution in [0.4, 0.5) is 0 Å². The van der Waals surface area contributed by atoms with Gasteiger partial charge in [0.2, 0.25) is 0 Å². The zero-order valence-corrected chi connectivity index (χ0v) is 11.2. The van der Waals surface area contributed by atoms with Gasteiger partial charge in [-0.05, 0) is 18.2 Å². The van der Waals surface area contributed by atoms with Crippen LogP contribution in [0.25, 0.3) is 0 Å². The molecular weight excluding hydrogens is 268 g/mol. The average molecular weight is 281 g/mol. The molecule has 3 rings (SSSR count). The lowest BCUT2D eigenvalue weighted by atomic mass is 9.93. The van der Waals surface area contributed by atoms with Crippen LogP contribution in [0.3, 0.4) is 0 Å². The fraction of sp³-hybridized carbons (Fsp3) is 0.286. The molecule has 4 heteroatoms. The van der Waals surface area contributed by atoms with Crippen LogP contribution in [0.5, 0.6) is 5.75 Å². The van der Waals surface area contributed by atoms with Gasteiger partial charge in [0, 0.05) is 22.8 Å². The van der Waals surface area contributed by atoms with Gasteiger partial charge in [-0.2, -0.15) is 0 Å². The lowest BCUT2D eigenvalue weighted by molar-refractivity contribution is 0.130. The molecule has 94 valence electrons. The first-order valence-corrected chi connectivity index (χ1v) is 7.07. The summed E-state index contributed by atoms with van der Waals surface area (Å²) in [6.07, 6.45) is 0.197. The highest BCUT2D eigenvalue weighted by Crippen LogP contribution is 2.37. The van der Waals surface area contributed by atoms with E-state index in [1.165, 1.54) is 11.3 Å².